The van der Waals surface area contributed by atoms with Crippen molar-refractivity contribution in [3.63, 3.8) is 0 Å². The molecule has 19 heavy (non-hydrogen) atoms. The van der Waals surface area contributed by atoms with Crippen LogP contribution in [0, 0.1) is 5.82 Å². The van der Waals surface area contributed by atoms with Crippen LogP contribution in [0.15, 0.2) is 41.1 Å². The molecular formula is C14H15BrFN3. The Morgan fingerprint density at radius 2 is 2.00 bits per heavy atom. The van der Waals surface area contributed by atoms with Gasteiger partial charge in [-0.05, 0) is 30.7 Å². The average molecular weight is 324 g/mol. The highest BCUT2D eigenvalue weighted by atomic mass is 79.9. The van der Waals surface area contributed by atoms with Crippen molar-refractivity contribution < 1.29 is 4.39 Å². The highest BCUT2D eigenvalue weighted by Gasteiger charge is 2.04. The normalized spacial score (nSPS) is 10.3. The quantitative estimate of drug-likeness (QED) is 0.847. The van der Waals surface area contributed by atoms with E-state index in [2.05, 4.69) is 38.5 Å². The summed E-state index contributed by atoms with van der Waals surface area (Å²) >= 11 is 3.32. The first kappa shape index (κ1) is 13.8. The highest BCUT2D eigenvalue weighted by Crippen LogP contribution is 2.24. The first-order chi connectivity index (χ1) is 9.19. The SMILES string of the molecule is CCCNc1cncc(Nc2cc(Br)ccc2F)c1. The monoisotopic (exact) mass is 323 g/mol. The molecule has 0 saturated carbocycles. The van der Waals surface area contributed by atoms with Gasteiger partial charge in [-0.15, -0.1) is 0 Å². The largest absolute Gasteiger partial charge is 0.384 e. The van der Waals surface area contributed by atoms with E-state index >= 15 is 0 Å². The summed E-state index contributed by atoms with van der Waals surface area (Å²) in [6.45, 7) is 2.98. The summed E-state index contributed by atoms with van der Waals surface area (Å²) in [4.78, 5) is 4.13. The van der Waals surface area contributed by atoms with E-state index in [-0.39, 0.29) is 5.82 Å². The number of rotatable bonds is 5. The Bertz CT molecular complexity index is 560. The Labute approximate surface area is 120 Å². The van der Waals surface area contributed by atoms with Crippen molar-refractivity contribution in [2.24, 2.45) is 0 Å². The van der Waals surface area contributed by atoms with Crippen LogP contribution >= 0.6 is 15.9 Å². The zero-order chi connectivity index (χ0) is 13.7. The number of anilines is 3. The molecule has 0 unspecified atom stereocenters. The third-order valence-corrected chi connectivity index (χ3v) is 3.02. The lowest BCUT2D eigenvalue weighted by molar-refractivity contribution is 0.631. The Balaban J connectivity index is 2.16. The van der Waals surface area contributed by atoms with Crippen LogP contribution in [0.1, 0.15) is 13.3 Å². The van der Waals surface area contributed by atoms with E-state index in [1.807, 2.05) is 6.07 Å². The summed E-state index contributed by atoms with van der Waals surface area (Å²) in [7, 11) is 0. The molecule has 0 atom stereocenters. The van der Waals surface area contributed by atoms with Crippen LogP contribution in [0.3, 0.4) is 0 Å². The minimum absolute atomic E-state index is 0.296. The van der Waals surface area contributed by atoms with E-state index < -0.39 is 0 Å². The fraction of sp³-hybridized carbons (Fsp3) is 0.214. The van der Waals surface area contributed by atoms with Crippen LogP contribution in [0.5, 0.6) is 0 Å². The lowest BCUT2D eigenvalue weighted by Gasteiger charge is -2.10. The van der Waals surface area contributed by atoms with Gasteiger partial charge in [0.15, 0.2) is 0 Å². The highest BCUT2D eigenvalue weighted by molar-refractivity contribution is 9.10. The topological polar surface area (TPSA) is 37.0 Å². The third kappa shape index (κ3) is 3.92. The molecule has 0 spiro atoms. The lowest BCUT2D eigenvalue weighted by Crippen LogP contribution is -2.01. The molecule has 0 amide bonds. The molecule has 0 saturated heterocycles. The van der Waals surface area contributed by atoms with Crippen LogP contribution in [-0.2, 0) is 0 Å². The van der Waals surface area contributed by atoms with Crippen molar-refractivity contribution in [3.8, 4) is 0 Å². The average Bonchev–Trinajstić information content (AvgIpc) is 2.41. The van der Waals surface area contributed by atoms with Crippen LogP contribution in [-0.4, -0.2) is 11.5 Å². The van der Waals surface area contributed by atoms with Crippen LogP contribution in [0.25, 0.3) is 0 Å². The zero-order valence-corrected chi connectivity index (χ0v) is 12.2. The molecule has 3 nitrogen and oxygen atoms in total. The van der Waals surface area contributed by atoms with E-state index in [9.17, 15) is 4.39 Å². The number of halogens is 2. The second-order valence-electron chi connectivity index (χ2n) is 4.14. The van der Waals surface area contributed by atoms with E-state index in [0.29, 0.717) is 5.69 Å². The van der Waals surface area contributed by atoms with Gasteiger partial charge in [0.05, 0.1) is 29.5 Å². The maximum absolute atomic E-state index is 13.6. The van der Waals surface area contributed by atoms with Crippen molar-refractivity contribution in [2.45, 2.75) is 13.3 Å². The van der Waals surface area contributed by atoms with Gasteiger partial charge >= 0.3 is 0 Å². The second kappa shape index (κ2) is 6.52. The van der Waals surface area contributed by atoms with Crippen molar-refractivity contribution in [1.29, 1.82) is 0 Å². The van der Waals surface area contributed by atoms with Gasteiger partial charge in [-0.1, -0.05) is 22.9 Å². The van der Waals surface area contributed by atoms with E-state index in [4.69, 9.17) is 0 Å². The maximum Gasteiger partial charge on any atom is 0.146 e. The number of nitrogens with one attached hydrogen (secondary N) is 2. The molecule has 100 valence electrons. The molecule has 1 aromatic heterocycles. The van der Waals surface area contributed by atoms with Crippen molar-refractivity contribution in [2.75, 3.05) is 17.2 Å². The number of pyridine rings is 1. The Morgan fingerprint density at radius 1 is 1.21 bits per heavy atom. The lowest BCUT2D eigenvalue weighted by atomic mass is 10.3. The summed E-state index contributed by atoms with van der Waals surface area (Å²) in [5.74, 6) is -0.296. The van der Waals surface area contributed by atoms with Crippen LogP contribution in [0.2, 0.25) is 0 Å². The molecular weight excluding hydrogens is 309 g/mol. The van der Waals surface area contributed by atoms with Gasteiger partial charge in [0.1, 0.15) is 5.82 Å². The van der Waals surface area contributed by atoms with Gasteiger partial charge in [-0.2, -0.15) is 0 Å². The van der Waals surface area contributed by atoms with Gasteiger partial charge in [-0.25, -0.2) is 4.39 Å². The fourth-order valence-electron chi connectivity index (χ4n) is 1.62. The smallest absolute Gasteiger partial charge is 0.146 e. The Morgan fingerprint density at radius 3 is 2.79 bits per heavy atom. The van der Waals surface area contributed by atoms with Gasteiger partial charge in [0, 0.05) is 11.0 Å². The summed E-state index contributed by atoms with van der Waals surface area (Å²) in [5.41, 5.74) is 2.09. The van der Waals surface area contributed by atoms with E-state index in [0.717, 1.165) is 28.8 Å². The summed E-state index contributed by atoms with van der Waals surface area (Å²) in [6.07, 6.45) is 4.45. The number of nitrogens with zero attached hydrogens (tertiary/aromatic N) is 1. The van der Waals surface area contributed by atoms with E-state index in [1.165, 1.54) is 6.07 Å². The molecule has 0 aliphatic heterocycles. The summed E-state index contributed by atoms with van der Waals surface area (Å²) in [5, 5.41) is 6.26. The molecule has 2 N–H and O–H groups in total. The predicted molar refractivity (Wildman–Crippen MR) is 80.4 cm³/mol. The molecule has 2 rings (SSSR count). The van der Waals surface area contributed by atoms with Crippen molar-refractivity contribution >= 4 is 33.0 Å². The van der Waals surface area contributed by atoms with Gasteiger partial charge in [0.25, 0.3) is 0 Å². The second-order valence-corrected chi connectivity index (χ2v) is 5.05. The molecule has 0 radical (unpaired) electrons. The predicted octanol–water partition coefficient (Wildman–Crippen LogP) is 4.55. The minimum Gasteiger partial charge on any atom is -0.384 e. The van der Waals surface area contributed by atoms with Crippen molar-refractivity contribution in [3.05, 3.63) is 46.9 Å². The first-order valence-electron chi connectivity index (χ1n) is 6.10. The van der Waals surface area contributed by atoms with Crippen LogP contribution in [0.4, 0.5) is 21.5 Å². The fourth-order valence-corrected chi connectivity index (χ4v) is 1.98. The first-order valence-corrected chi connectivity index (χ1v) is 6.89. The molecule has 0 bridgehead atoms. The molecule has 0 fully saturated rings. The molecule has 0 aliphatic rings. The van der Waals surface area contributed by atoms with Gasteiger partial charge in [0.2, 0.25) is 0 Å². The van der Waals surface area contributed by atoms with Gasteiger partial charge in [-0.3, -0.25) is 4.98 Å². The summed E-state index contributed by atoms with van der Waals surface area (Å²) < 4.78 is 14.5. The van der Waals surface area contributed by atoms with E-state index in [1.54, 1.807) is 24.5 Å². The molecule has 1 heterocycles. The third-order valence-electron chi connectivity index (χ3n) is 2.52. The Kier molecular flexibility index (Phi) is 4.74. The molecule has 0 aliphatic carbocycles. The zero-order valence-electron chi connectivity index (χ0n) is 10.6. The van der Waals surface area contributed by atoms with Gasteiger partial charge < -0.3 is 10.6 Å². The standard InChI is InChI=1S/C14H15BrFN3/c1-2-5-18-11-7-12(9-17-8-11)19-14-6-10(15)3-4-13(14)16/h3-4,6-9,18-19H,2,5H2,1H3. The number of hydrogen-bond donors (Lipinski definition) is 2. The molecule has 1 aromatic carbocycles. The number of hydrogen-bond acceptors (Lipinski definition) is 3. The van der Waals surface area contributed by atoms with Crippen LogP contribution < -0.4 is 10.6 Å². The molecule has 5 heteroatoms. The molecule has 2 aromatic rings. The summed E-state index contributed by atoms with van der Waals surface area (Å²) in [6, 6.07) is 6.68. The Hall–Kier alpha value is -1.62. The van der Waals surface area contributed by atoms with Crippen molar-refractivity contribution in [1.82, 2.24) is 4.98 Å². The minimum atomic E-state index is -0.296. The maximum atomic E-state index is 13.6. The number of aromatic nitrogens is 1. The number of benzene rings is 1.